The third-order valence-corrected chi connectivity index (χ3v) is 2.94. The van der Waals surface area contributed by atoms with Gasteiger partial charge in [-0.15, -0.1) is 0 Å². The molecule has 0 fully saturated rings. The zero-order valence-electron chi connectivity index (χ0n) is 10.7. The highest BCUT2D eigenvalue weighted by molar-refractivity contribution is 5.50. The summed E-state index contributed by atoms with van der Waals surface area (Å²) in [5.41, 5.74) is 8.91. The highest BCUT2D eigenvalue weighted by Gasteiger charge is 1.98. The fourth-order valence-electron chi connectivity index (χ4n) is 1.82. The van der Waals surface area contributed by atoms with Crippen LogP contribution in [0.3, 0.4) is 0 Å². The van der Waals surface area contributed by atoms with Crippen molar-refractivity contribution in [1.29, 1.82) is 0 Å². The molecular formula is C15H19N3. The van der Waals surface area contributed by atoms with Gasteiger partial charge in [0, 0.05) is 6.54 Å². The van der Waals surface area contributed by atoms with E-state index >= 15 is 0 Å². The van der Waals surface area contributed by atoms with Crippen LogP contribution in [0.5, 0.6) is 0 Å². The Morgan fingerprint density at radius 1 is 1.22 bits per heavy atom. The third kappa shape index (κ3) is 3.48. The molecule has 0 aliphatic rings. The van der Waals surface area contributed by atoms with Crippen LogP contribution in [-0.4, -0.2) is 11.5 Å². The molecule has 3 N–H and O–H groups in total. The smallest absolute Gasteiger partial charge is 0.126 e. The van der Waals surface area contributed by atoms with Crippen molar-refractivity contribution in [3.63, 3.8) is 0 Å². The number of benzene rings is 1. The van der Waals surface area contributed by atoms with E-state index in [9.17, 15) is 0 Å². The summed E-state index contributed by atoms with van der Waals surface area (Å²) in [5.74, 6) is 0.898. The highest BCUT2D eigenvalue weighted by Crippen LogP contribution is 2.13. The third-order valence-electron chi connectivity index (χ3n) is 2.94. The summed E-state index contributed by atoms with van der Waals surface area (Å²) in [6, 6.07) is 12.5. The quantitative estimate of drug-likeness (QED) is 0.791. The average molecular weight is 241 g/mol. The fourth-order valence-corrected chi connectivity index (χ4v) is 1.82. The molecule has 3 heteroatoms. The molecule has 0 unspecified atom stereocenters. The van der Waals surface area contributed by atoms with E-state index in [0.29, 0.717) is 0 Å². The Bertz CT molecular complexity index is 494. The Hall–Kier alpha value is -2.03. The summed E-state index contributed by atoms with van der Waals surface area (Å²) in [4.78, 5) is 4.25. The lowest BCUT2D eigenvalue weighted by molar-refractivity contribution is 0.859. The normalized spacial score (nSPS) is 10.3. The minimum absolute atomic E-state index is 0.741. The largest absolute Gasteiger partial charge is 0.397 e. The SMILES string of the molecule is Cc1cc(NCCCc2ccccc2)ncc1N. The number of hydrogen-bond donors (Lipinski definition) is 2. The lowest BCUT2D eigenvalue weighted by Gasteiger charge is -2.07. The molecule has 0 aliphatic heterocycles. The molecule has 3 nitrogen and oxygen atoms in total. The van der Waals surface area contributed by atoms with E-state index in [2.05, 4.69) is 34.6 Å². The van der Waals surface area contributed by atoms with Gasteiger partial charge in [0.1, 0.15) is 5.82 Å². The second-order valence-electron chi connectivity index (χ2n) is 4.44. The highest BCUT2D eigenvalue weighted by atomic mass is 15.0. The fraction of sp³-hybridized carbons (Fsp3) is 0.267. The lowest BCUT2D eigenvalue weighted by atomic mass is 10.1. The van der Waals surface area contributed by atoms with Crippen LogP contribution in [0.25, 0.3) is 0 Å². The first-order chi connectivity index (χ1) is 8.75. The van der Waals surface area contributed by atoms with Crippen molar-refractivity contribution < 1.29 is 0 Å². The number of hydrogen-bond acceptors (Lipinski definition) is 3. The van der Waals surface area contributed by atoms with Crippen molar-refractivity contribution in [2.75, 3.05) is 17.6 Å². The first-order valence-corrected chi connectivity index (χ1v) is 6.25. The number of anilines is 2. The number of aryl methyl sites for hydroxylation is 2. The Morgan fingerprint density at radius 2 is 2.00 bits per heavy atom. The van der Waals surface area contributed by atoms with Crippen LogP contribution < -0.4 is 11.1 Å². The minimum Gasteiger partial charge on any atom is -0.397 e. The Balaban J connectivity index is 1.77. The van der Waals surface area contributed by atoms with Crippen LogP contribution in [0.4, 0.5) is 11.5 Å². The van der Waals surface area contributed by atoms with Crippen LogP contribution in [0.15, 0.2) is 42.6 Å². The number of rotatable bonds is 5. The van der Waals surface area contributed by atoms with E-state index < -0.39 is 0 Å². The summed E-state index contributed by atoms with van der Waals surface area (Å²) in [7, 11) is 0. The van der Waals surface area contributed by atoms with E-state index in [4.69, 9.17) is 5.73 Å². The summed E-state index contributed by atoms with van der Waals surface area (Å²) in [6.07, 6.45) is 3.88. The van der Waals surface area contributed by atoms with Crippen LogP contribution in [0, 0.1) is 6.92 Å². The molecule has 0 amide bonds. The van der Waals surface area contributed by atoms with Gasteiger partial charge >= 0.3 is 0 Å². The maximum Gasteiger partial charge on any atom is 0.126 e. The second-order valence-corrected chi connectivity index (χ2v) is 4.44. The Labute approximate surface area is 108 Å². The molecule has 0 radical (unpaired) electrons. The zero-order chi connectivity index (χ0) is 12.8. The number of aromatic nitrogens is 1. The van der Waals surface area contributed by atoms with Crippen molar-refractivity contribution in [3.8, 4) is 0 Å². The van der Waals surface area contributed by atoms with Crippen LogP contribution in [0.1, 0.15) is 17.5 Å². The molecule has 1 aromatic heterocycles. The predicted octanol–water partition coefficient (Wildman–Crippen LogP) is 3.02. The molecule has 0 saturated heterocycles. The van der Waals surface area contributed by atoms with E-state index in [0.717, 1.165) is 36.5 Å². The number of nitrogen functional groups attached to an aromatic ring is 1. The molecule has 0 atom stereocenters. The van der Waals surface area contributed by atoms with E-state index in [1.54, 1.807) is 6.20 Å². The Kier molecular flexibility index (Phi) is 4.18. The predicted molar refractivity (Wildman–Crippen MR) is 76.6 cm³/mol. The van der Waals surface area contributed by atoms with Crippen LogP contribution in [-0.2, 0) is 6.42 Å². The molecule has 1 heterocycles. The van der Waals surface area contributed by atoms with Gasteiger partial charge in [-0.2, -0.15) is 0 Å². The minimum atomic E-state index is 0.741. The van der Waals surface area contributed by atoms with Crippen LogP contribution >= 0.6 is 0 Å². The summed E-state index contributed by atoms with van der Waals surface area (Å²) < 4.78 is 0. The molecule has 2 aromatic rings. The monoisotopic (exact) mass is 241 g/mol. The van der Waals surface area contributed by atoms with Gasteiger partial charge in [0.05, 0.1) is 11.9 Å². The molecular weight excluding hydrogens is 222 g/mol. The van der Waals surface area contributed by atoms with Gasteiger partial charge in [-0.05, 0) is 37.0 Å². The van der Waals surface area contributed by atoms with Gasteiger partial charge in [0.25, 0.3) is 0 Å². The molecule has 18 heavy (non-hydrogen) atoms. The summed E-state index contributed by atoms with van der Waals surface area (Å²) in [5, 5.41) is 3.32. The molecule has 1 aromatic carbocycles. The van der Waals surface area contributed by atoms with Crippen molar-refractivity contribution in [1.82, 2.24) is 4.98 Å². The van der Waals surface area contributed by atoms with Gasteiger partial charge in [0.2, 0.25) is 0 Å². The molecule has 0 bridgehead atoms. The van der Waals surface area contributed by atoms with Gasteiger partial charge in [0.15, 0.2) is 0 Å². The maximum atomic E-state index is 5.73. The van der Waals surface area contributed by atoms with E-state index in [1.807, 2.05) is 19.1 Å². The van der Waals surface area contributed by atoms with Gasteiger partial charge in [-0.25, -0.2) is 4.98 Å². The number of pyridine rings is 1. The lowest BCUT2D eigenvalue weighted by Crippen LogP contribution is -2.05. The number of nitrogens with two attached hydrogens (primary N) is 1. The standard InChI is InChI=1S/C15H19N3/c1-12-10-15(18-11-14(12)16)17-9-5-8-13-6-3-2-4-7-13/h2-4,6-7,10-11H,5,8-9,16H2,1H3,(H,17,18). The molecule has 0 saturated carbocycles. The van der Waals surface area contributed by atoms with Gasteiger partial charge < -0.3 is 11.1 Å². The molecule has 94 valence electrons. The van der Waals surface area contributed by atoms with E-state index in [1.165, 1.54) is 5.56 Å². The van der Waals surface area contributed by atoms with Crippen LogP contribution in [0.2, 0.25) is 0 Å². The molecule has 2 rings (SSSR count). The molecule has 0 aliphatic carbocycles. The Morgan fingerprint density at radius 3 is 2.72 bits per heavy atom. The first-order valence-electron chi connectivity index (χ1n) is 6.25. The topological polar surface area (TPSA) is 50.9 Å². The van der Waals surface area contributed by atoms with Gasteiger partial charge in [-0.3, -0.25) is 0 Å². The number of nitrogens with one attached hydrogen (secondary N) is 1. The number of nitrogens with zero attached hydrogens (tertiary/aromatic N) is 1. The van der Waals surface area contributed by atoms with Crippen molar-refractivity contribution in [2.45, 2.75) is 19.8 Å². The summed E-state index contributed by atoms with van der Waals surface area (Å²) >= 11 is 0. The average Bonchev–Trinajstić information content (AvgIpc) is 2.40. The van der Waals surface area contributed by atoms with E-state index in [-0.39, 0.29) is 0 Å². The molecule has 0 spiro atoms. The van der Waals surface area contributed by atoms with Crippen molar-refractivity contribution in [3.05, 3.63) is 53.7 Å². The van der Waals surface area contributed by atoms with Crippen molar-refractivity contribution in [2.24, 2.45) is 0 Å². The zero-order valence-corrected chi connectivity index (χ0v) is 10.7. The van der Waals surface area contributed by atoms with Gasteiger partial charge in [-0.1, -0.05) is 30.3 Å². The summed E-state index contributed by atoms with van der Waals surface area (Å²) in [6.45, 7) is 2.91. The maximum absolute atomic E-state index is 5.73. The second kappa shape index (κ2) is 6.05. The van der Waals surface area contributed by atoms with Crippen molar-refractivity contribution >= 4 is 11.5 Å². The first kappa shape index (κ1) is 12.4.